The summed E-state index contributed by atoms with van der Waals surface area (Å²) in [5.41, 5.74) is -0.187. The van der Waals surface area contributed by atoms with Crippen molar-refractivity contribution in [3.63, 3.8) is 0 Å². The highest BCUT2D eigenvalue weighted by Gasteiger charge is 2.41. The van der Waals surface area contributed by atoms with Crippen LogP contribution in [0.4, 0.5) is 8.78 Å². The molecule has 0 aromatic carbocycles. The molecule has 1 aliphatic heterocycles. The van der Waals surface area contributed by atoms with Gasteiger partial charge in [-0.05, 0) is 19.8 Å². The third kappa shape index (κ3) is 4.44. The Kier molecular flexibility index (Phi) is 5.49. The van der Waals surface area contributed by atoms with Gasteiger partial charge in [-0.1, -0.05) is 26.7 Å². The number of aliphatic hydroxyl groups excluding tert-OH is 1. The summed E-state index contributed by atoms with van der Waals surface area (Å²) in [5.74, 6) is -2.66. The molecule has 0 bridgehead atoms. The number of halogens is 2. The van der Waals surface area contributed by atoms with E-state index in [1.165, 1.54) is 4.90 Å². The molecule has 2 atom stereocenters. The highest BCUT2D eigenvalue weighted by atomic mass is 19.3. The second-order valence-electron chi connectivity index (χ2n) is 5.61. The Balaban J connectivity index is 2.49. The molecule has 0 aromatic rings. The minimum Gasteiger partial charge on any atom is -0.365 e. The van der Waals surface area contributed by atoms with Crippen molar-refractivity contribution < 1.29 is 13.9 Å². The smallest absolute Gasteiger partial charge is 0.261 e. The molecule has 0 amide bonds. The molecular formula is C13H26F2N2O. The van der Waals surface area contributed by atoms with Crippen LogP contribution in [0.3, 0.4) is 0 Å². The average Bonchev–Trinajstić information content (AvgIpc) is 2.67. The van der Waals surface area contributed by atoms with Crippen LogP contribution in [0, 0.1) is 0 Å². The van der Waals surface area contributed by atoms with Crippen LogP contribution < -0.4 is 5.32 Å². The van der Waals surface area contributed by atoms with Gasteiger partial charge in [0.25, 0.3) is 5.92 Å². The number of alkyl halides is 2. The van der Waals surface area contributed by atoms with Gasteiger partial charge < -0.3 is 5.11 Å². The molecule has 2 N–H and O–H groups in total. The van der Waals surface area contributed by atoms with Gasteiger partial charge in [-0.3, -0.25) is 10.2 Å². The summed E-state index contributed by atoms with van der Waals surface area (Å²) in [6.07, 6.45) is 2.84. The first-order valence-corrected chi connectivity index (χ1v) is 6.89. The van der Waals surface area contributed by atoms with Crippen LogP contribution in [-0.4, -0.2) is 40.9 Å². The fourth-order valence-electron chi connectivity index (χ4n) is 2.29. The zero-order valence-corrected chi connectivity index (χ0v) is 11.7. The fourth-order valence-corrected chi connectivity index (χ4v) is 2.29. The second kappa shape index (κ2) is 6.26. The van der Waals surface area contributed by atoms with Crippen LogP contribution in [0.5, 0.6) is 0 Å². The van der Waals surface area contributed by atoms with Gasteiger partial charge in [0.05, 0.1) is 6.54 Å². The van der Waals surface area contributed by atoms with E-state index < -0.39 is 12.3 Å². The number of unbranched alkanes of at least 4 members (excludes halogenated alkanes) is 1. The molecule has 1 fully saturated rings. The maximum atomic E-state index is 13.1. The zero-order valence-electron chi connectivity index (χ0n) is 11.7. The summed E-state index contributed by atoms with van der Waals surface area (Å²) in [6.45, 7) is 6.10. The molecule has 2 unspecified atom stereocenters. The lowest BCUT2D eigenvalue weighted by molar-refractivity contribution is -0.0583. The molecule has 18 heavy (non-hydrogen) atoms. The Labute approximate surface area is 109 Å². The molecule has 108 valence electrons. The lowest BCUT2D eigenvalue weighted by Gasteiger charge is -2.35. The minimum atomic E-state index is -2.66. The number of nitrogens with one attached hydrogen (secondary N) is 1. The predicted octanol–water partition coefficient (Wildman–Crippen LogP) is 2.55. The van der Waals surface area contributed by atoms with Crippen LogP contribution in [0.25, 0.3) is 0 Å². The number of likely N-dealkylation sites (tertiary alicyclic amines) is 1. The highest BCUT2D eigenvalue weighted by molar-refractivity contribution is 4.87. The molecular weight excluding hydrogens is 238 g/mol. The Hall–Kier alpha value is -0.260. The van der Waals surface area contributed by atoms with Crippen molar-refractivity contribution in [3.8, 4) is 0 Å². The van der Waals surface area contributed by atoms with Gasteiger partial charge in [-0.2, -0.15) is 0 Å². The van der Waals surface area contributed by atoms with Gasteiger partial charge in [0.15, 0.2) is 6.35 Å². The molecule has 1 aliphatic rings. The predicted molar refractivity (Wildman–Crippen MR) is 68.5 cm³/mol. The first-order valence-electron chi connectivity index (χ1n) is 6.89. The lowest BCUT2D eigenvalue weighted by atomic mass is 9.92. The Morgan fingerprint density at radius 3 is 2.56 bits per heavy atom. The van der Waals surface area contributed by atoms with Crippen molar-refractivity contribution in [1.82, 2.24) is 10.2 Å². The van der Waals surface area contributed by atoms with Crippen molar-refractivity contribution in [2.45, 2.75) is 70.7 Å². The quantitative estimate of drug-likeness (QED) is 0.694. The van der Waals surface area contributed by atoms with E-state index in [2.05, 4.69) is 12.2 Å². The normalized spacial score (nSPS) is 25.0. The highest BCUT2D eigenvalue weighted by Crippen LogP contribution is 2.28. The maximum Gasteiger partial charge on any atom is 0.261 e. The molecule has 3 nitrogen and oxygen atoms in total. The molecule has 0 aromatic heterocycles. The van der Waals surface area contributed by atoms with Crippen LogP contribution in [0.1, 0.15) is 52.9 Å². The summed E-state index contributed by atoms with van der Waals surface area (Å²) < 4.78 is 26.2. The van der Waals surface area contributed by atoms with Crippen molar-refractivity contribution in [2.24, 2.45) is 0 Å². The number of aliphatic hydroxyl groups is 1. The number of hydrogen-bond donors (Lipinski definition) is 2. The minimum absolute atomic E-state index is 0.163. The molecule has 0 spiro atoms. The van der Waals surface area contributed by atoms with Crippen LogP contribution in [0.15, 0.2) is 0 Å². The molecule has 0 aliphatic carbocycles. The summed E-state index contributed by atoms with van der Waals surface area (Å²) >= 11 is 0. The summed E-state index contributed by atoms with van der Waals surface area (Å²) in [4.78, 5) is 1.42. The van der Waals surface area contributed by atoms with Crippen LogP contribution >= 0.6 is 0 Å². The van der Waals surface area contributed by atoms with E-state index in [1.807, 2.05) is 13.8 Å². The molecule has 1 heterocycles. The number of hydrogen-bond acceptors (Lipinski definition) is 3. The summed E-state index contributed by atoms with van der Waals surface area (Å²) in [5, 5.41) is 13.1. The third-order valence-electron chi connectivity index (χ3n) is 3.89. The van der Waals surface area contributed by atoms with E-state index in [-0.39, 0.29) is 25.0 Å². The summed E-state index contributed by atoms with van der Waals surface area (Å²) in [7, 11) is 0. The van der Waals surface area contributed by atoms with E-state index >= 15 is 0 Å². The first kappa shape index (κ1) is 15.8. The largest absolute Gasteiger partial charge is 0.365 e. The van der Waals surface area contributed by atoms with E-state index in [9.17, 15) is 13.9 Å². The maximum absolute atomic E-state index is 13.1. The van der Waals surface area contributed by atoms with Gasteiger partial charge >= 0.3 is 0 Å². The van der Waals surface area contributed by atoms with Crippen molar-refractivity contribution in [1.29, 1.82) is 0 Å². The standard InChI is InChI=1S/C13H26F2N2O/c1-4-6-7-12(3,5-2)16-11(18)17-9-8-13(14,15)10-17/h11,16,18H,4-10H2,1-3H3. The molecule has 0 saturated carbocycles. The number of rotatable bonds is 7. The van der Waals surface area contributed by atoms with Crippen LogP contribution in [0.2, 0.25) is 0 Å². The van der Waals surface area contributed by atoms with Gasteiger partial charge in [0, 0.05) is 18.5 Å². The number of nitrogens with zero attached hydrogens (tertiary/aromatic N) is 1. The molecule has 0 radical (unpaired) electrons. The second-order valence-corrected chi connectivity index (χ2v) is 5.61. The zero-order chi connectivity index (χ0) is 13.8. The SMILES string of the molecule is CCCCC(C)(CC)NC(O)N1CCC(F)(F)C1. The van der Waals surface area contributed by atoms with Crippen molar-refractivity contribution in [3.05, 3.63) is 0 Å². The topological polar surface area (TPSA) is 35.5 Å². The van der Waals surface area contributed by atoms with Crippen molar-refractivity contribution >= 4 is 0 Å². The Morgan fingerprint density at radius 2 is 2.11 bits per heavy atom. The van der Waals surface area contributed by atoms with E-state index in [4.69, 9.17) is 0 Å². The molecule has 5 heteroatoms. The first-order chi connectivity index (χ1) is 8.32. The van der Waals surface area contributed by atoms with Gasteiger partial charge in [0.1, 0.15) is 0 Å². The fraction of sp³-hybridized carbons (Fsp3) is 1.00. The van der Waals surface area contributed by atoms with E-state index in [0.717, 1.165) is 25.7 Å². The van der Waals surface area contributed by atoms with E-state index in [1.54, 1.807) is 0 Å². The Morgan fingerprint density at radius 1 is 1.44 bits per heavy atom. The monoisotopic (exact) mass is 264 g/mol. The average molecular weight is 264 g/mol. The Bertz CT molecular complexity index is 263. The molecule has 1 saturated heterocycles. The van der Waals surface area contributed by atoms with Gasteiger partial charge in [-0.15, -0.1) is 0 Å². The molecule has 1 rings (SSSR count). The third-order valence-corrected chi connectivity index (χ3v) is 3.89. The summed E-state index contributed by atoms with van der Waals surface area (Å²) in [6, 6.07) is 0. The van der Waals surface area contributed by atoms with E-state index in [0.29, 0.717) is 0 Å². The van der Waals surface area contributed by atoms with Gasteiger partial charge in [-0.25, -0.2) is 8.78 Å². The lowest BCUT2D eigenvalue weighted by Crippen LogP contribution is -2.55. The van der Waals surface area contributed by atoms with Crippen LogP contribution in [-0.2, 0) is 0 Å². The van der Waals surface area contributed by atoms with Crippen molar-refractivity contribution in [2.75, 3.05) is 13.1 Å². The van der Waals surface area contributed by atoms with Gasteiger partial charge in [0.2, 0.25) is 0 Å².